The number of rotatable bonds is 13. The second kappa shape index (κ2) is 19.5. The summed E-state index contributed by atoms with van der Waals surface area (Å²) in [6.07, 6.45) is 1.31. The largest absolute Gasteiger partial charge is 0.332 e. The van der Waals surface area contributed by atoms with Gasteiger partial charge in [-0.25, -0.2) is 0 Å². The lowest BCUT2D eigenvalue weighted by molar-refractivity contribution is -0.147. The highest BCUT2D eigenvalue weighted by atomic mass is 16.2. The Kier molecular flexibility index (Phi) is 15.5. The first-order valence-electron chi connectivity index (χ1n) is 16.7. The third-order valence-corrected chi connectivity index (χ3v) is 8.68. The lowest BCUT2D eigenvalue weighted by atomic mass is 10.1. The van der Waals surface area contributed by atoms with Crippen LogP contribution in [0.1, 0.15) is 56.3 Å². The van der Waals surface area contributed by atoms with Crippen molar-refractivity contribution >= 4 is 29.5 Å². The van der Waals surface area contributed by atoms with Crippen molar-refractivity contribution in [2.75, 3.05) is 72.0 Å². The zero-order chi connectivity index (χ0) is 35.1. The Balaban J connectivity index is 2.12. The molecule has 5 amide bonds. The Hall–Kier alpha value is -4.33. The van der Waals surface area contributed by atoms with Crippen LogP contribution in [-0.4, -0.2) is 126 Å². The first-order chi connectivity index (χ1) is 23.1. The summed E-state index contributed by atoms with van der Waals surface area (Å²) in [5.41, 5.74) is 19.0. The van der Waals surface area contributed by atoms with E-state index in [1.54, 1.807) is 0 Å². The Bertz CT molecular complexity index is 1300. The Morgan fingerprint density at radius 2 is 0.771 bits per heavy atom. The minimum Gasteiger partial charge on any atom is -0.332 e. The van der Waals surface area contributed by atoms with Gasteiger partial charge in [0.25, 0.3) is 0 Å². The number of nitrogens with two attached hydrogens (primary N) is 3. The molecule has 6 N–H and O–H groups in total. The lowest BCUT2D eigenvalue weighted by Gasteiger charge is -2.34. The number of hydrogen-bond acceptors (Lipinski definition) is 8. The molecule has 1 saturated heterocycles. The third-order valence-electron chi connectivity index (χ3n) is 8.68. The fraction of sp³-hybridized carbons (Fsp3) is 0.514. The summed E-state index contributed by atoms with van der Waals surface area (Å²) in [5, 5.41) is 0. The molecule has 0 spiro atoms. The molecule has 0 saturated carbocycles. The van der Waals surface area contributed by atoms with Gasteiger partial charge in [0.15, 0.2) is 0 Å². The van der Waals surface area contributed by atoms with Gasteiger partial charge in [-0.2, -0.15) is 0 Å². The van der Waals surface area contributed by atoms with Crippen molar-refractivity contribution in [3.63, 3.8) is 0 Å². The molecule has 13 heteroatoms. The van der Waals surface area contributed by atoms with Crippen molar-refractivity contribution in [3.8, 4) is 0 Å². The quantitative estimate of drug-likeness (QED) is 0.280. The Morgan fingerprint density at radius 1 is 0.479 bits per heavy atom. The molecule has 1 fully saturated rings. The third kappa shape index (κ3) is 10.9. The molecule has 13 nitrogen and oxygen atoms in total. The SMILES string of the molecule is C[C@@H](c1ccccc1)N1CC(=O)N(CCCN)CC(=O)N([C@@H](C)c2ccccc2)CC(=O)N(CCCN)CC(=O)N(CCCN)CC1=O. The molecule has 0 radical (unpaired) electrons. The average Bonchev–Trinajstić information content (AvgIpc) is 3.10. The predicted molar refractivity (Wildman–Crippen MR) is 184 cm³/mol. The van der Waals surface area contributed by atoms with E-state index in [0.717, 1.165) is 11.1 Å². The van der Waals surface area contributed by atoms with Crippen LogP contribution in [0.4, 0.5) is 0 Å². The first kappa shape index (κ1) is 38.1. The highest BCUT2D eigenvalue weighted by Crippen LogP contribution is 2.23. The predicted octanol–water partition coefficient (Wildman–Crippen LogP) is 0.712. The van der Waals surface area contributed by atoms with Gasteiger partial charge in [0.1, 0.15) is 13.1 Å². The Labute approximate surface area is 284 Å². The molecular weight excluding hydrogens is 612 g/mol. The molecule has 1 aliphatic rings. The number of benzene rings is 2. The maximum atomic E-state index is 14.1. The van der Waals surface area contributed by atoms with Crippen LogP contribution in [0.5, 0.6) is 0 Å². The molecule has 2 aromatic rings. The number of amides is 5. The molecule has 48 heavy (non-hydrogen) atoms. The summed E-state index contributed by atoms with van der Waals surface area (Å²) in [7, 11) is 0. The molecular formula is C35H52N8O5. The van der Waals surface area contributed by atoms with Crippen molar-refractivity contribution in [1.82, 2.24) is 24.5 Å². The summed E-state index contributed by atoms with van der Waals surface area (Å²) < 4.78 is 0. The van der Waals surface area contributed by atoms with Crippen molar-refractivity contribution in [1.29, 1.82) is 0 Å². The van der Waals surface area contributed by atoms with Gasteiger partial charge in [-0.1, -0.05) is 60.7 Å². The first-order valence-corrected chi connectivity index (χ1v) is 16.7. The van der Waals surface area contributed by atoms with E-state index in [-0.39, 0.29) is 58.9 Å². The average molecular weight is 665 g/mol. The van der Waals surface area contributed by atoms with Gasteiger partial charge in [0.05, 0.1) is 31.7 Å². The van der Waals surface area contributed by atoms with Gasteiger partial charge in [-0.05, 0) is 63.9 Å². The van der Waals surface area contributed by atoms with Crippen LogP contribution in [0.3, 0.4) is 0 Å². The molecule has 1 aliphatic heterocycles. The van der Waals surface area contributed by atoms with E-state index >= 15 is 0 Å². The van der Waals surface area contributed by atoms with Crippen LogP contribution in [0.15, 0.2) is 60.7 Å². The smallest absolute Gasteiger partial charge is 0.243 e. The van der Waals surface area contributed by atoms with Crippen molar-refractivity contribution in [2.24, 2.45) is 17.2 Å². The Morgan fingerprint density at radius 3 is 1.08 bits per heavy atom. The normalized spacial score (nSPS) is 17.4. The summed E-state index contributed by atoms with van der Waals surface area (Å²) >= 11 is 0. The lowest BCUT2D eigenvalue weighted by Crippen LogP contribution is -2.51. The van der Waals surface area contributed by atoms with Gasteiger partial charge in [-0.15, -0.1) is 0 Å². The molecule has 0 unspecified atom stereocenters. The maximum absolute atomic E-state index is 14.1. The topological polar surface area (TPSA) is 180 Å². The van der Waals surface area contributed by atoms with Crippen LogP contribution >= 0.6 is 0 Å². The second-order valence-electron chi connectivity index (χ2n) is 12.1. The van der Waals surface area contributed by atoms with E-state index in [1.165, 1.54) is 24.5 Å². The number of nitrogens with zero attached hydrogens (tertiary/aromatic N) is 5. The zero-order valence-electron chi connectivity index (χ0n) is 28.3. The monoisotopic (exact) mass is 664 g/mol. The molecule has 262 valence electrons. The maximum Gasteiger partial charge on any atom is 0.243 e. The number of hydrogen-bond donors (Lipinski definition) is 3. The van der Waals surface area contributed by atoms with Gasteiger partial charge in [-0.3, -0.25) is 24.0 Å². The van der Waals surface area contributed by atoms with E-state index in [4.69, 9.17) is 17.2 Å². The van der Waals surface area contributed by atoms with Crippen LogP contribution < -0.4 is 17.2 Å². The molecule has 3 rings (SSSR count). The highest BCUT2D eigenvalue weighted by molar-refractivity contribution is 5.93. The van der Waals surface area contributed by atoms with Crippen molar-refractivity contribution in [3.05, 3.63) is 71.8 Å². The van der Waals surface area contributed by atoms with E-state index in [0.29, 0.717) is 32.4 Å². The molecule has 2 atom stereocenters. The summed E-state index contributed by atoms with van der Waals surface area (Å²) in [4.78, 5) is 77.1. The van der Waals surface area contributed by atoms with Gasteiger partial charge < -0.3 is 41.7 Å². The minimum atomic E-state index is -0.519. The van der Waals surface area contributed by atoms with Crippen LogP contribution in [0.25, 0.3) is 0 Å². The molecule has 2 aromatic carbocycles. The minimum absolute atomic E-state index is 0.189. The van der Waals surface area contributed by atoms with Gasteiger partial charge >= 0.3 is 0 Å². The van der Waals surface area contributed by atoms with Crippen LogP contribution in [0, 0.1) is 0 Å². The van der Waals surface area contributed by atoms with E-state index < -0.39 is 41.6 Å². The van der Waals surface area contributed by atoms with Gasteiger partial charge in [0, 0.05) is 19.6 Å². The molecule has 0 aromatic heterocycles. The van der Waals surface area contributed by atoms with E-state index in [2.05, 4.69) is 0 Å². The second-order valence-corrected chi connectivity index (χ2v) is 12.1. The van der Waals surface area contributed by atoms with E-state index in [9.17, 15) is 24.0 Å². The highest BCUT2D eigenvalue weighted by Gasteiger charge is 2.33. The fourth-order valence-electron chi connectivity index (χ4n) is 5.69. The summed E-state index contributed by atoms with van der Waals surface area (Å²) in [6, 6.07) is 17.6. The summed E-state index contributed by atoms with van der Waals surface area (Å²) in [5.74, 6) is -2.19. The number of carbonyl (C=O) groups excluding carboxylic acids is 5. The molecule has 1 heterocycles. The van der Waals surface area contributed by atoms with Crippen molar-refractivity contribution in [2.45, 2.75) is 45.2 Å². The molecule has 0 bridgehead atoms. The standard InChI is InChI=1S/C35H52N8O5/c1-27(29-12-5-3-6-13-29)42-25-32(45)39(19-9-16-36)22-31(44)40(20-10-17-37)23-34(47)43(28(2)30-14-7-4-8-15-30)26-33(46)41(21-11-18-38)24-35(42)48/h3-8,12-15,27-28H,9-11,16-26,36-38H2,1-2H3/t27-,28-/m0/s1. The van der Waals surface area contributed by atoms with Gasteiger partial charge in [0.2, 0.25) is 29.5 Å². The van der Waals surface area contributed by atoms with E-state index in [1.807, 2.05) is 74.5 Å². The number of carbonyl (C=O) groups is 5. The van der Waals surface area contributed by atoms with Crippen LogP contribution in [0.2, 0.25) is 0 Å². The van der Waals surface area contributed by atoms with Crippen LogP contribution in [-0.2, 0) is 24.0 Å². The van der Waals surface area contributed by atoms with Crippen molar-refractivity contribution < 1.29 is 24.0 Å². The summed E-state index contributed by atoms with van der Waals surface area (Å²) in [6.45, 7) is 3.56. The fourth-order valence-corrected chi connectivity index (χ4v) is 5.69. The zero-order valence-corrected chi connectivity index (χ0v) is 28.3. The molecule has 0 aliphatic carbocycles.